The van der Waals surface area contributed by atoms with Crippen LogP contribution in [0.4, 0.5) is 5.69 Å². The molecular formula is C10H15N3. The molecule has 0 aromatic carbocycles. The Balaban J connectivity index is 2.76. The van der Waals surface area contributed by atoms with E-state index in [1.54, 1.807) is 0 Å². The molecule has 0 fully saturated rings. The van der Waals surface area contributed by atoms with Crippen LogP contribution in [0, 0.1) is 25.7 Å². The number of hydrogen-bond donors (Lipinski definition) is 1. The van der Waals surface area contributed by atoms with E-state index >= 15 is 0 Å². The van der Waals surface area contributed by atoms with E-state index in [0.29, 0.717) is 0 Å². The molecule has 70 valence electrons. The maximum absolute atomic E-state index is 5.79. The molecule has 0 radical (unpaired) electrons. The highest BCUT2D eigenvalue weighted by atomic mass is 15.3. The lowest BCUT2D eigenvalue weighted by molar-refractivity contribution is 0.608. The molecule has 1 aromatic rings. The van der Waals surface area contributed by atoms with E-state index in [4.69, 9.17) is 5.73 Å². The van der Waals surface area contributed by atoms with Crippen molar-refractivity contribution in [3.63, 3.8) is 0 Å². The zero-order valence-corrected chi connectivity index (χ0v) is 8.39. The largest absolute Gasteiger partial charge is 0.396 e. The molecule has 1 heterocycles. The summed E-state index contributed by atoms with van der Waals surface area (Å²) in [5.41, 5.74) is 8.53. The zero-order chi connectivity index (χ0) is 9.84. The number of nitrogen functional groups attached to an aromatic ring is 1. The summed E-state index contributed by atoms with van der Waals surface area (Å²) in [6, 6.07) is 0. The quantitative estimate of drug-likeness (QED) is 0.696. The first-order valence-electron chi connectivity index (χ1n) is 4.36. The second-order valence-electron chi connectivity index (χ2n) is 2.98. The van der Waals surface area contributed by atoms with E-state index in [0.717, 1.165) is 30.0 Å². The molecule has 0 saturated carbocycles. The van der Waals surface area contributed by atoms with Crippen LogP contribution >= 0.6 is 0 Å². The van der Waals surface area contributed by atoms with Crippen LogP contribution < -0.4 is 5.73 Å². The van der Waals surface area contributed by atoms with Crippen LogP contribution in [-0.4, -0.2) is 9.78 Å². The fourth-order valence-electron chi connectivity index (χ4n) is 1.22. The third kappa shape index (κ3) is 2.03. The predicted octanol–water partition coefficient (Wildman–Crippen LogP) is 1.50. The summed E-state index contributed by atoms with van der Waals surface area (Å²) in [5.74, 6) is 5.86. The lowest BCUT2D eigenvalue weighted by Crippen LogP contribution is -2.02. The average Bonchev–Trinajstić information content (AvgIpc) is 2.34. The van der Waals surface area contributed by atoms with Crippen molar-refractivity contribution >= 4 is 5.69 Å². The SMILES string of the molecule is CC#CCCn1nc(C)c(N)c1C. The van der Waals surface area contributed by atoms with Gasteiger partial charge in [-0.1, -0.05) is 0 Å². The Morgan fingerprint density at radius 1 is 1.46 bits per heavy atom. The molecule has 0 aliphatic rings. The monoisotopic (exact) mass is 177 g/mol. The first kappa shape index (κ1) is 9.66. The number of aromatic nitrogens is 2. The highest BCUT2D eigenvalue weighted by Crippen LogP contribution is 2.14. The third-order valence-electron chi connectivity index (χ3n) is 2.06. The second-order valence-corrected chi connectivity index (χ2v) is 2.98. The predicted molar refractivity (Wildman–Crippen MR) is 54.2 cm³/mol. The summed E-state index contributed by atoms with van der Waals surface area (Å²) in [7, 11) is 0. The molecule has 0 bridgehead atoms. The molecule has 0 aliphatic carbocycles. The molecule has 0 aliphatic heterocycles. The highest BCUT2D eigenvalue weighted by molar-refractivity contribution is 5.46. The summed E-state index contributed by atoms with van der Waals surface area (Å²) >= 11 is 0. The number of aryl methyl sites for hydroxylation is 2. The van der Waals surface area contributed by atoms with Crippen LogP contribution in [0.5, 0.6) is 0 Å². The first-order chi connectivity index (χ1) is 6.16. The molecule has 2 N–H and O–H groups in total. The lowest BCUT2D eigenvalue weighted by Gasteiger charge is -1.99. The number of nitrogens with zero attached hydrogens (tertiary/aromatic N) is 2. The molecule has 0 unspecified atom stereocenters. The van der Waals surface area contributed by atoms with Gasteiger partial charge in [-0.3, -0.25) is 4.68 Å². The molecule has 13 heavy (non-hydrogen) atoms. The molecule has 0 amide bonds. The summed E-state index contributed by atoms with van der Waals surface area (Å²) < 4.78 is 1.91. The summed E-state index contributed by atoms with van der Waals surface area (Å²) in [5, 5.41) is 4.31. The van der Waals surface area contributed by atoms with Gasteiger partial charge in [-0.25, -0.2) is 0 Å². The number of hydrogen-bond acceptors (Lipinski definition) is 2. The van der Waals surface area contributed by atoms with Gasteiger partial charge in [-0.15, -0.1) is 11.8 Å². The van der Waals surface area contributed by atoms with Gasteiger partial charge >= 0.3 is 0 Å². The smallest absolute Gasteiger partial charge is 0.0825 e. The van der Waals surface area contributed by atoms with Gasteiger partial charge in [0.2, 0.25) is 0 Å². The van der Waals surface area contributed by atoms with Crippen LogP contribution in [0.2, 0.25) is 0 Å². The maximum Gasteiger partial charge on any atom is 0.0825 e. The number of rotatable bonds is 2. The Hall–Kier alpha value is -1.43. The summed E-state index contributed by atoms with van der Waals surface area (Å²) in [6.07, 6.45) is 0.831. The lowest BCUT2D eigenvalue weighted by atomic mass is 10.3. The van der Waals surface area contributed by atoms with Crippen molar-refractivity contribution in [2.45, 2.75) is 33.7 Å². The Morgan fingerprint density at radius 2 is 2.15 bits per heavy atom. The normalized spacial score (nSPS) is 9.46. The van der Waals surface area contributed by atoms with Gasteiger partial charge in [0.25, 0.3) is 0 Å². The molecule has 0 saturated heterocycles. The minimum Gasteiger partial charge on any atom is -0.396 e. The van der Waals surface area contributed by atoms with Gasteiger partial charge in [-0.2, -0.15) is 5.10 Å². The van der Waals surface area contributed by atoms with Crippen LogP contribution in [0.1, 0.15) is 24.7 Å². The van der Waals surface area contributed by atoms with Gasteiger partial charge < -0.3 is 5.73 Å². The minimum atomic E-state index is 0.796. The van der Waals surface area contributed by atoms with Crippen molar-refractivity contribution in [2.24, 2.45) is 0 Å². The van der Waals surface area contributed by atoms with E-state index in [2.05, 4.69) is 16.9 Å². The fraction of sp³-hybridized carbons (Fsp3) is 0.500. The fourth-order valence-corrected chi connectivity index (χ4v) is 1.22. The van der Waals surface area contributed by atoms with Crippen LogP contribution in [0.3, 0.4) is 0 Å². The summed E-state index contributed by atoms with van der Waals surface area (Å²) in [4.78, 5) is 0. The molecular weight excluding hydrogens is 162 g/mol. The van der Waals surface area contributed by atoms with Crippen molar-refractivity contribution in [2.75, 3.05) is 5.73 Å². The van der Waals surface area contributed by atoms with Gasteiger partial charge in [-0.05, 0) is 20.8 Å². The van der Waals surface area contributed by atoms with Gasteiger partial charge in [0.1, 0.15) is 0 Å². The van der Waals surface area contributed by atoms with Gasteiger partial charge in [0.05, 0.1) is 23.6 Å². The van der Waals surface area contributed by atoms with E-state index in [1.807, 2.05) is 25.5 Å². The Bertz CT molecular complexity index is 352. The van der Waals surface area contributed by atoms with E-state index in [1.165, 1.54) is 0 Å². The van der Waals surface area contributed by atoms with Crippen molar-refractivity contribution < 1.29 is 0 Å². The van der Waals surface area contributed by atoms with Crippen LogP contribution in [-0.2, 0) is 6.54 Å². The van der Waals surface area contributed by atoms with Gasteiger partial charge in [0.15, 0.2) is 0 Å². The van der Waals surface area contributed by atoms with Crippen LogP contribution in [0.25, 0.3) is 0 Å². The zero-order valence-electron chi connectivity index (χ0n) is 8.39. The Labute approximate surface area is 78.9 Å². The highest BCUT2D eigenvalue weighted by Gasteiger charge is 2.06. The Morgan fingerprint density at radius 3 is 2.62 bits per heavy atom. The van der Waals surface area contributed by atoms with Crippen molar-refractivity contribution in [1.29, 1.82) is 0 Å². The van der Waals surface area contributed by atoms with Crippen molar-refractivity contribution in [3.8, 4) is 11.8 Å². The van der Waals surface area contributed by atoms with E-state index < -0.39 is 0 Å². The molecule has 0 atom stereocenters. The topological polar surface area (TPSA) is 43.8 Å². The first-order valence-corrected chi connectivity index (χ1v) is 4.36. The van der Waals surface area contributed by atoms with Crippen molar-refractivity contribution in [1.82, 2.24) is 9.78 Å². The second kappa shape index (κ2) is 3.99. The molecule has 3 heteroatoms. The number of anilines is 1. The standard InChI is InChI=1S/C10H15N3/c1-4-5-6-7-13-9(3)10(11)8(2)12-13/h6-7,11H2,1-3H3. The van der Waals surface area contributed by atoms with E-state index in [-0.39, 0.29) is 0 Å². The van der Waals surface area contributed by atoms with Gasteiger partial charge in [0, 0.05) is 6.42 Å². The van der Waals surface area contributed by atoms with Crippen LogP contribution in [0.15, 0.2) is 0 Å². The molecule has 0 spiro atoms. The van der Waals surface area contributed by atoms with Crippen molar-refractivity contribution in [3.05, 3.63) is 11.4 Å². The minimum absolute atomic E-state index is 0.796. The third-order valence-corrected chi connectivity index (χ3v) is 2.06. The average molecular weight is 177 g/mol. The molecule has 1 aromatic heterocycles. The Kier molecular flexibility index (Phi) is 2.97. The summed E-state index contributed by atoms with van der Waals surface area (Å²) in [6.45, 7) is 6.57. The molecule has 1 rings (SSSR count). The molecule has 3 nitrogen and oxygen atoms in total. The maximum atomic E-state index is 5.79. The van der Waals surface area contributed by atoms with E-state index in [9.17, 15) is 0 Å². The number of nitrogens with two attached hydrogens (primary N) is 1.